The Morgan fingerprint density at radius 2 is 1.64 bits per heavy atom. The second-order valence-electron chi connectivity index (χ2n) is 8.22. The van der Waals surface area contributed by atoms with E-state index in [9.17, 15) is 10.2 Å². The minimum absolute atomic E-state index is 0.335. The van der Waals surface area contributed by atoms with Crippen molar-refractivity contribution in [2.75, 3.05) is 0 Å². The summed E-state index contributed by atoms with van der Waals surface area (Å²) < 4.78 is 0. The molecule has 2 nitrogen and oxygen atoms in total. The fourth-order valence-electron chi connectivity index (χ4n) is 5.15. The Morgan fingerprint density at radius 1 is 0.920 bits per heavy atom. The third-order valence-corrected chi connectivity index (χ3v) is 6.41. The summed E-state index contributed by atoms with van der Waals surface area (Å²) in [6.07, 6.45) is 6.13. The maximum atomic E-state index is 10.5. The quantitative estimate of drug-likeness (QED) is 0.724. The highest BCUT2D eigenvalue weighted by Gasteiger charge is 2.39. The van der Waals surface area contributed by atoms with Crippen molar-refractivity contribution >= 4 is 0 Å². The molecule has 0 aliphatic heterocycles. The molecular weight excluding hydrogens is 308 g/mol. The van der Waals surface area contributed by atoms with E-state index in [4.69, 9.17) is 0 Å². The van der Waals surface area contributed by atoms with E-state index < -0.39 is 0 Å². The molecule has 3 atom stereocenters. The van der Waals surface area contributed by atoms with Gasteiger partial charge in [0.05, 0.1) is 0 Å². The van der Waals surface area contributed by atoms with Gasteiger partial charge in [0, 0.05) is 0 Å². The Hall–Kier alpha value is -1.96. The van der Waals surface area contributed by atoms with Gasteiger partial charge in [0.2, 0.25) is 0 Å². The van der Waals surface area contributed by atoms with Crippen LogP contribution in [0.15, 0.2) is 36.4 Å². The number of benzene rings is 2. The third-order valence-electron chi connectivity index (χ3n) is 6.41. The van der Waals surface area contributed by atoms with Gasteiger partial charge in [-0.15, -0.1) is 0 Å². The molecule has 0 amide bonds. The second-order valence-corrected chi connectivity index (χ2v) is 8.22. The first-order valence-corrected chi connectivity index (χ1v) is 9.69. The second kappa shape index (κ2) is 6.40. The van der Waals surface area contributed by atoms with Crippen molar-refractivity contribution in [2.24, 2.45) is 5.92 Å². The average Bonchev–Trinajstić information content (AvgIpc) is 2.61. The largest absolute Gasteiger partial charge is 0.508 e. The molecule has 4 rings (SSSR count). The predicted molar refractivity (Wildman–Crippen MR) is 101 cm³/mol. The Labute approximate surface area is 150 Å². The summed E-state index contributed by atoms with van der Waals surface area (Å²) in [5, 5.41) is 20.2. The van der Waals surface area contributed by atoms with E-state index in [1.807, 2.05) is 12.1 Å². The third kappa shape index (κ3) is 2.92. The van der Waals surface area contributed by atoms with E-state index in [0.29, 0.717) is 35.2 Å². The Bertz CT molecular complexity index is 760. The van der Waals surface area contributed by atoms with Crippen LogP contribution in [0.5, 0.6) is 11.5 Å². The van der Waals surface area contributed by atoms with Crippen LogP contribution in [0.3, 0.4) is 0 Å². The van der Waals surface area contributed by atoms with Gasteiger partial charge in [-0.05, 0) is 83.4 Å². The van der Waals surface area contributed by atoms with Gasteiger partial charge in [0.15, 0.2) is 0 Å². The van der Waals surface area contributed by atoms with Crippen LogP contribution < -0.4 is 0 Å². The molecule has 25 heavy (non-hydrogen) atoms. The van der Waals surface area contributed by atoms with E-state index in [1.165, 1.54) is 42.4 Å². The average molecular weight is 336 g/mol. The monoisotopic (exact) mass is 336 g/mol. The standard InChI is InChI=1S/C23H28O2/c1-14(2)20-11-16-12-21(15-7-9-17(24)10-8-15)18-5-3-4-6-19(18)22(16)13-23(20)25/h7-11,13-14,18-19,21,24-25H,3-6,12H2,1-2H3. The normalized spacial score (nSPS) is 25.5. The highest BCUT2D eigenvalue weighted by molar-refractivity contribution is 5.48. The lowest BCUT2D eigenvalue weighted by atomic mass is 9.61. The molecule has 2 aromatic carbocycles. The lowest BCUT2D eigenvalue weighted by molar-refractivity contribution is 0.242. The molecule has 2 N–H and O–H groups in total. The van der Waals surface area contributed by atoms with Crippen LogP contribution in [0.1, 0.15) is 79.5 Å². The zero-order chi connectivity index (χ0) is 17.6. The van der Waals surface area contributed by atoms with Gasteiger partial charge in [0.1, 0.15) is 11.5 Å². The zero-order valence-corrected chi connectivity index (χ0v) is 15.2. The van der Waals surface area contributed by atoms with Gasteiger partial charge in [-0.2, -0.15) is 0 Å². The fraction of sp³-hybridized carbons (Fsp3) is 0.478. The van der Waals surface area contributed by atoms with E-state index in [-0.39, 0.29) is 0 Å². The molecule has 2 heteroatoms. The number of hydrogen-bond acceptors (Lipinski definition) is 2. The van der Waals surface area contributed by atoms with Crippen LogP contribution in [0.2, 0.25) is 0 Å². The van der Waals surface area contributed by atoms with Crippen molar-refractivity contribution in [1.29, 1.82) is 0 Å². The first-order chi connectivity index (χ1) is 12.0. The van der Waals surface area contributed by atoms with Gasteiger partial charge >= 0.3 is 0 Å². The zero-order valence-electron chi connectivity index (χ0n) is 15.2. The maximum absolute atomic E-state index is 10.5. The number of rotatable bonds is 2. The fourth-order valence-corrected chi connectivity index (χ4v) is 5.15. The highest BCUT2D eigenvalue weighted by atomic mass is 16.3. The van der Waals surface area contributed by atoms with Crippen molar-refractivity contribution in [3.05, 3.63) is 58.7 Å². The van der Waals surface area contributed by atoms with Crippen LogP contribution >= 0.6 is 0 Å². The summed E-state index contributed by atoms with van der Waals surface area (Å²) in [6, 6.07) is 12.2. The van der Waals surface area contributed by atoms with E-state index in [0.717, 1.165) is 12.0 Å². The lowest BCUT2D eigenvalue weighted by Crippen LogP contribution is -2.31. The molecule has 0 radical (unpaired) electrons. The van der Waals surface area contributed by atoms with Gasteiger partial charge in [-0.1, -0.05) is 44.9 Å². The van der Waals surface area contributed by atoms with Crippen LogP contribution in [-0.2, 0) is 6.42 Å². The smallest absolute Gasteiger partial charge is 0.119 e. The molecule has 0 heterocycles. The summed E-state index contributed by atoms with van der Waals surface area (Å²) in [5.74, 6) is 2.87. The van der Waals surface area contributed by atoms with Crippen LogP contribution in [0.4, 0.5) is 0 Å². The molecule has 2 aliphatic rings. The van der Waals surface area contributed by atoms with E-state index in [1.54, 1.807) is 0 Å². The van der Waals surface area contributed by atoms with Gasteiger partial charge in [-0.3, -0.25) is 0 Å². The van der Waals surface area contributed by atoms with Crippen LogP contribution in [0, 0.1) is 5.92 Å². The summed E-state index contributed by atoms with van der Waals surface area (Å²) >= 11 is 0. The molecule has 3 unspecified atom stereocenters. The van der Waals surface area contributed by atoms with Crippen molar-refractivity contribution in [3.63, 3.8) is 0 Å². The molecule has 1 fully saturated rings. The summed E-state index contributed by atoms with van der Waals surface area (Å²) in [7, 11) is 0. The molecule has 0 saturated heterocycles. The predicted octanol–water partition coefficient (Wildman–Crippen LogP) is 5.83. The topological polar surface area (TPSA) is 40.5 Å². The maximum Gasteiger partial charge on any atom is 0.119 e. The molecule has 1 saturated carbocycles. The molecular formula is C23H28O2. The Balaban J connectivity index is 1.79. The van der Waals surface area contributed by atoms with Crippen molar-refractivity contribution < 1.29 is 10.2 Å². The molecule has 0 spiro atoms. The molecule has 2 aromatic rings. The van der Waals surface area contributed by atoms with Crippen molar-refractivity contribution in [3.8, 4) is 11.5 Å². The Kier molecular flexibility index (Phi) is 4.23. The van der Waals surface area contributed by atoms with Crippen LogP contribution in [-0.4, -0.2) is 10.2 Å². The summed E-state index contributed by atoms with van der Waals surface area (Å²) in [4.78, 5) is 0. The lowest BCUT2D eigenvalue weighted by Gasteiger charge is -2.43. The number of phenolic OH excluding ortho intramolecular Hbond substituents is 2. The molecule has 0 bridgehead atoms. The van der Waals surface area contributed by atoms with Crippen molar-refractivity contribution in [2.45, 2.75) is 63.7 Å². The number of phenols is 2. The van der Waals surface area contributed by atoms with E-state index in [2.05, 4.69) is 38.1 Å². The molecule has 132 valence electrons. The first kappa shape index (κ1) is 16.5. The van der Waals surface area contributed by atoms with Crippen LogP contribution in [0.25, 0.3) is 0 Å². The number of aromatic hydroxyl groups is 2. The Morgan fingerprint density at radius 3 is 2.36 bits per heavy atom. The minimum atomic E-state index is 0.335. The van der Waals surface area contributed by atoms with E-state index >= 15 is 0 Å². The number of hydrogen-bond donors (Lipinski definition) is 2. The van der Waals surface area contributed by atoms with Crippen molar-refractivity contribution in [1.82, 2.24) is 0 Å². The van der Waals surface area contributed by atoms with Gasteiger partial charge in [-0.25, -0.2) is 0 Å². The minimum Gasteiger partial charge on any atom is -0.508 e. The molecule has 2 aliphatic carbocycles. The molecule has 0 aromatic heterocycles. The summed E-state index contributed by atoms with van der Waals surface area (Å²) in [5.41, 5.74) is 5.22. The number of fused-ring (bicyclic) bond motifs is 3. The SMILES string of the molecule is CC(C)c1cc2c(cc1O)C1CCCCC1C(c1ccc(O)cc1)C2. The van der Waals surface area contributed by atoms with Gasteiger partial charge < -0.3 is 10.2 Å². The first-order valence-electron chi connectivity index (χ1n) is 9.69. The van der Waals surface area contributed by atoms with Gasteiger partial charge in [0.25, 0.3) is 0 Å². The summed E-state index contributed by atoms with van der Waals surface area (Å²) in [6.45, 7) is 4.29. The highest BCUT2D eigenvalue weighted by Crippen LogP contribution is 2.52.